The summed E-state index contributed by atoms with van der Waals surface area (Å²) in [6.07, 6.45) is 1.38. The van der Waals surface area contributed by atoms with Gasteiger partial charge in [-0.05, 0) is 50.6 Å². The molecular weight excluding hydrogens is 661 g/mol. The number of rotatable bonds is 12. The molecule has 1 aliphatic carbocycles. The normalized spacial score (nSPS) is 12.8. The van der Waals surface area contributed by atoms with Crippen LogP contribution in [0.3, 0.4) is 0 Å². The molecule has 0 fully saturated rings. The third kappa shape index (κ3) is 8.18. The number of nitrogens with zero attached hydrogens (tertiary/aromatic N) is 1. The van der Waals surface area contributed by atoms with Crippen molar-refractivity contribution in [2.45, 2.75) is 30.8 Å². The smallest absolute Gasteiger partial charge is 0.407 e. The third-order valence-corrected chi connectivity index (χ3v) is 9.67. The van der Waals surface area contributed by atoms with Gasteiger partial charge in [-0.25, -0.2) is 4.79 Å². The van der Waals surface area contributed by atoms with Crippen LogP contribution in [0.4, 0.5) is 4.79 Å². The zero-order valence-corrected chi connectivity index (χ0v) is 29.4. The van der Waals surface area contributed by atoms with E-state index in [-0.39, 0.29) is 31.3 Å². The van der Waals surface area contributed by atoms with Crippen LogP contribution in [0.1, 0.15) is 28.2 Å². The number of benzene rings is 5. The standard InChI is InChI=1S/C45H40N4O4/c1-46-43(50)41(27-31-22-25-40(47-28-31)34-14-6-3-7-15-34)48-44(51)42(26-30-20-23-33(24-21-30)32-12-4-2-5-13-32)49-45(52)53-29-39-37-18-10-8-16-35(37)36-17-9-11-19-38(36)39/h2-25,28,39,41-42H,26-27,29H2,1H3,(H,46,50)(H,48,51)(H,49,52)/t41-,42-/m0/s1. The van der Waals surface area contributed by atoms with Gasteiger partial charge in [-0.3, -0.25) is 14.6 Å². The zero-order chi connectivity index (χ0) is 36.6. The number of fused-ring (bicyclic) bond motifs is 3. The Morgan fingerprint density at radius 1 is 0.585 bits per heavy atom. The van der Waals surface area contributed by atoms with Crippen LogP contribution in [-0.2, 0) is 27.2 Å². The molecule has 8 nitrogen and oxygen atoms in total. The van der Waals surface area contributed by atoms with Gasteiger partial charge in [-0.15, -0.1) is 0 Å². The number of aromatic nitrogens is 1. The summed E-state index contributed by atoms with van der Waals surface area (Å²) >= 11 is 0. The Hall–Kier alpha value is -6.54. The number of amides is 3. The number of likely N-dealkylation sites (N-methyl/N-ethyl adjacent to an activating group) is 1. The van der Waals surface area contributed by atoms with Crippen molar-refractivity contribution in [3.8, 4) is 33.5 Å². The zero-order valence-electron chi connectivity index (χ0n) is 29.4. The lowest BCUT2D eigenvalue weighted by Gasteiger charge is -2.23. The summed E-state index contributed by atoms with van der Waals surface area (Å²) in [6.45, 7) is 0.104. The molecule has 3 amide bonds. The van der Waals surface area contributed by atoms with E-state index in [0.29, 0.717) is 0 Å². The van der Waals surface area contributed by atoms with Crippen molar-refractivity contribution in [3.63, 3.8) is 0 Å². The van der Waals surface area contributed by atoms with E-state index in [1.807, 2.05) is 121 Å². The van der Waals surface area contributed by atoms with E-state index in [9.17, 15) is 14.4 Å². The summed E-state index contributed by atoms with van der Waals surface area (Å²) in [5, 5.41) is 8.38. The molecule has 8 heteroatoms. The number of hydrogen-bond donors (Lipinski definition) is 3. The van der Waals surface area contributed by atoms with Gasteiger partial charge >= 0.3 is 6.09 Å². The van der Waals surface area contributed by atoms with Gasteiger partial charge in [-0.1, -0.05) is 140 Å². The van der Waals surface area contributed by atoms with Gasteiger partial charge in [0.25, 0.3) is 0 Å². The lowest BCUT2D eigenvalue weighted by molar-refractivity contribution is -0.129. The number of carbonyl (C=O) groups is 3. The Labute approximate surface area is 309 Å². The van der Waals surface area contributed by atoms with Crippen LogP contribution in [-0.4, -0.2) is 48.6 Å². The van der Waals surface area contributed by atoms with Crippen molar-refractivity contribution >= 4 is 17.9 Å². The van der Waals surface area contributed by atoms with Crippen molar-refractivity contribution in [2.75, 3.05) is 13.7 Å². The van der Waals surface area contributed by atoms with Gasteiger partial charge in [0.05, 0.1) is 5.69 Å². The minimum absolute atomic E-state index is 0.104. The van der Waals surface area contributed by atoms with E-state index in [0.717, 1.165) is 55.8 Å². The highest BCUT2D eigenvalue weighted by Gasteiger charge is 2.31. The first-order valence-electron chi connectivity index (χ1n) is 17.7. The lowest BCUT2D eigenvalue weighted by Crippen LogP contribution is -2.54. The Morgan fingerprint density at radius 2 is 1.11 bits per heavy atom. The average molecular weight is 701 g/mol. The first-order chi connectivity index (χ1) is 26.0. The maximum absolute atomic E-state index is 14.0. The van der Waals surface area contributed by atoms with E-state index in [1.165, 1.54) is 7.05 Å². The number of nitrogens with one attached hydrogen (secondary N) is 3. The fourth-order valence-corrected chi connectivity index (χ4v) is 6.91. The first-order valence-corrected chi connectivity index (χ1v) is 17.7. The molecule has 1 heterocycles. The SMILES string of the molecule is CNC(=O)[C@H](Cc1ccc(-c2ccccc2)nc1)NC(=O)[C@H](Cc1ccc(-c2ccccc2)cc1)NC(=O)OCC1c2ccccc2-c2ccccc21. The summed E-state index contributed by atoms with van der Waals surface area (Å²) in [4.78, 5) is 45.2. The highest BCUT2D eigenvalue weighted by molar-refractivity contribution is 5.91. The molecule has 0 radical (unpaired) electrons. The summed E-state index contributed by atoms with van der Waals surface area (Å²) in [6, 6.07) is 45.8. The molecule has 3 N–H and O–H groups in total. The molecular formula is C45H40N4O4. The van der Waals surface area contributed by atoms with Crippen LogP contribution >= 0.6 is 0 Å². The molecule has 53 heavy (non-hydrogen) atoms. The van der Waals surface area contributed by atoms with E-state index in [1.54, 1.807) is 6.20 Å². The topological polar surface area (TPSA) is 109 Å². The molecule has 0 saturated heterocycles. The lowest BCUT2D eigenvalue weighted by atomic mass is 9.98. The molecule has 5 aromatic carbocycles. The third-order valence-electron chi connectivity index (χ3n) is 9.67. The van der Waals surface area contributed by atoms with Crippen LogP contribution in [0.25, 0.3) is 33.5 Å². The van der Waals surface area contributed by atoms with Crippen molar-refractivity contribution in [1.29, 1.82) is 0 Å². The minimum Gasteiger partial charge on any atom is -0.449 e. The summed E-state index contributed by atoms with van der Waals surface area (Å²) in [5.41, 5.74) is 9.93. The van der Waals surface area contributed by atoms with Gasteiger partial charge in [0, 0.05) is 37.6 Å². The van der Waals surface area contributed by atoms with Crippen LogP contribution in [0, 0.1) is 0 Å². The maximum atomic E-state index is 14.0. The summed E-state index contributed by atoms with van der Waals surface area (Å²) < 4.78 is 5.83. The van der Waals surface area contributed by atoms with E-state index >= 15 is 0 Å². The Morgan fingerprint density at radius 3 is 1.72 bits per heavy atom. The summed E-state index contributed by atoms with van der Waals surface area (Å²) in [7, 11) is 1.53. The van der Waals surface area contributed by atoms with E-state index in [2.05, 4.69) is 45.2 Å². The molecule has 0 unspecified atom stereocenters. The number of alkyl carbamates (subject to hydrolysis) is 1. The molecule has 1 aliphatic rings. The minimum atomic E-state index is -1.03. The highest BCUT2D eigenvalue weighted by atomic mass is 16.5. The van der Waals surface area contributed by atoms with Crippen molar-refractivity contribution in [2.24, 2.45) is 0 Å². The molecule has 0 spiro atoms. The molecule has 7 rings (SSSR count). The van der Waals surface area contributed by atoms with Gasteiger partial charge in [0.1, 0.15) is 18.7 Å². The Bertz CT molecular complexity index is 2140. The van der Waals surface area contributed by atoms with Crippen LogP contribution in [0.5, 0.6) is 0 Å². The number of ether oxygens (including phenoxy) is 1. The largest absolute Gasteiger partial charge is 0.449 e. The maximum Gasteiger partial charge on any atom is 0.407 e. The Kier molecular flexibility index (Phi) is 10.7. The van der Waals surface area contributed by atoms with Crippen LogP contribution in [0.15, 0.2) is 152 Å². The molecule has 0 saturated carbocycles. The van der Waals surface area contributed by atoms with Crippen LogP contribution < -0.4 is 16.0 Å². The number of pyridine rings is 1. The quantitative estimate of drug-likeness (QED) is 0.124. The van der Waals surface area contributed by atoms with Crippen LogP contribution in [0.2, 0.25) is 0 Å². The molecule has 1 aromatic heterocycles. The molecule has 0 bridgehead atoms. The van der Waals surface area contributed by atoms with Crippen molar-refractivity contribution in [1.82, 2.24) is 20.9 Å². The summed E-state index contributed by atoms with van der Waals surface area (Å²) in [5.74, 6) is -1.00. The number of hydrogen-bond acceptors (Lipinski definition) is 5. The van der Waals surface area contributed by atoms with E-state index < -0.39 is 24.1 Å². The van der Waals surface area contributed by atoms with Crippen molar-refractivity contribution in [3.05, 3.63) is 174 Å². The van der Waals surface area contributed by atoms with Gasteiger partial charge in [0.2, 0.25) is 11.8 Å². The van der Waals surface area contributed by atoms with Gasteiger partial charge < -0.3 is 20.7 Å². The monoisotopic (exact) mass is 700 g/mol. The fraction of sp³-hybridized carbons (Fsp3) is 0.156. The Balaban J connectivity index is 1.08. The second-order valence-corrected chi connectivity index (χ2v) is 13.1. The predicted molar refractivity (Wildman–Crippen MR) is 207 cm³/mol. The van der Waals surface area contributed by atoms with Gasteiger partial charge in [-0.2, -0.15) is 0 Å². The van der Waals surface area contributed by atoms with Crippen molar-refractivity contribution < 1.29 is 19.1 Å². The molecule has 0 aliphatic heterocycles. The first kappa shape index (κ1) is 34.9. The highest BCUT2D eigenvalue weighted by Crippen LogP contribution is 2.44. The predicted octanol–water partition coefficient (Wildman–Crippen LogP) is 7.34. The van der Waals surface area contributed by atoms with Gasteiger partial charge in [0.15, 0.2) is 0 Å². The fourth-order valence-electron chi connectivity index (χ4n) is 6.91. The molecule has 2 atom stereocenters. The van der Waals surface area contributed by atoms with E-state index in [4.69, 9.17) is 4.74 Å². The molecule has 264 valence electrons. The second kappa shape index (κ2) is 16.2. The second-order valence-electron chi connectivity index (χ2n) is 13.1. The molecule has 6 aromatic rings. The average Bonchev–Trinajstić information content (AvgIpc) is 3.53. The number of carbonyl (C=O) groups excluding carboxylic acids is 3.